The molecule has 32 heavy (non-hydrogen) atoms. The van der Waals surface area contributed by atoms with Crippen LogP contribution in [0, 0.1) is 0 Å². The molecule has 2 aromatic carbocycles. The molecule has 0 bridgehead atoms. The quantitative estimate of drug-likeness (QED) is 0.363. The van der Waals surface area contributed by atoms with E-state index in [1.807, 2.05) is 36.5 Å². The number of benzene rings is 2. The topological polar surface area (TPSA) is 38.1 Å². The molecule has 0 radical (unpaired) electrons. The molecule has 1 aliphatic heterocycles. The van der Waals surface area contributed by atoms with Gasteiger partial charge in [-0.05, 0) is 55.4 Å². The van der Waals surface area contributed by atoms with Gasteiger partial charge in [0.1, 0.15) is 0 Å². The van der Waals surface area contributed by atoms with Crippen LogP contribution in [0.25, 0.3) is 11.3 Å². The molecule has 1 aliphatic rings. The van der Waals surface area contributed by atoms with E-state index in [4.69, 9.17) is 16.6 Å². The molecule has 1 fully saturated rings. The van der Waals surface area contributed by atoms with E-state index in [2.05, 4.69) is 40.7 Å². The first-order chi connectivity index (χ1) is 15.7. The Kier molecular flexibility index (Phi) is 7.93. The van der Waals surface area contributed by atoms with Gasteiger partial charge in [0.2, 0.25) is 5.91 Å². The Morgan fingerprint density at radius 2 is 1.91 bits per heavy atom. The molecule has 1 saturated heterocycles. The van der Waals surface area contributed by atoms with E-state index < -0.39 is 0 Å². The van der Waals surface area contributed by atoms with E-state index in [0.717, 1.165) is 60.2 Å². The van der Waals surface area contributed by atoms with Gasteiger partial charge >= 0.3 is 0 Å². The minimum atomic E-state index is 0.229. The highest BCUT2D eigenvalue weighted by atomic mass is 35.5. The van der Waals surface area contributed by atoms with Gasteiger partial charge in [-0.15, -0.1) is 0 Å². The van der Waals surface area contributed by atoms with Crippen LogP contribution < -0.4 is 0 Å². The average molecular weight is 468 g/mol. The van der Waals surface area contributed by atoms with Crippen molar-refractivity contribution in [3.63, 3.8) is 0 Å². The predicted octanol–water partition coefficient (Wildman–Crippen LogP) is 6.33. The minimum Gasteiger partial charge on any atom is -0.339 e. The number of carbonyl (C=O) groups is 1. The summed E-state index contributed by atoms with van der Waals surface area (Å²) in [4.78, 5) is 19.8. The second-order valence-electron chi connectivity index (χ2n) is 8.25. The van der Waals surface area contributed by atoms with Crippen LogP contribution in [0.1, 0.15) is 38.2 Å². The fraction of sp³-hybridized carbons (Fsp3) is 0.385. The Labute approximate surface area is 200 Å². The number of carbonyl (C=O) groups excluding carboxylic acids is 1. The molecule has 4 rings (SSSR count). The average Bonchev–Trinajstić information content (AvgIpc) is 3.25. The lowest BCUT2D eigenvalue weighted by Gasteiger charge is -2.35. The zero-order valence-corrected chi connectivity index (χ0v) is 20.1. The summed E-state index contributed by atoms with van der Waals surface area (Å²) in [6.45, 7) is 3.87. The van der Waals surface area contributed by atoms with Gasteiger partial charge in [0, 0.05) is 24.2 Å². The third-order valence-electron chi connectivity index (χ3n) is 6.17. The number of thioether (sulfide) groups is 1. The van der Waals surface area contributed by atoms with Crippen LogP contribution in [0.3, 0.4) is 0 Å². The summed E-state index contributed by atoms with van der Waals surface area (Å²) in [6.07, 6.45) is 7.31. The Morgan fingerprint density at radius 3 is 2.66 bits per heavy atom. The molecule has 1 aromatic heterocycles. The maximum Gasteiger partial charge on any atom is 0.233 e. The number of nitrogens with zero attached hydrogens (tertiary/aromatic N) is 3. The molecule has 3 aromatic rings. The Morgan fingerprint density at radius 1 is 1.12 bits per heavy atom. The Bertz CT molecular complexity index is 1020. The lowest BCUT2D eigenvalue weighted by Crippen LogP contribution is -2.44. The monoisotopic (exact) mass is 467 g/mol. The van der Waals surface area contributed by atoms with Crippen molar-refractivity contribution in [1.82, 2.24) is 14.5 Å². The van der Waals surface area contributed by atoms with Crippen LogP contribution in [0.5, 0.6) is 0 Å². The number of likely N-dealkylation sites (tertiary alicyclic amines) is 1. The van der Waals surface area contributed by atoms with E-state index >= 15 is 0 Å². The summed E-state index contributed by atoms with van der Waals surface area (Å²) in [5.74, 6) is 0.658. The molecule has 0 aliphatic carbocycles. The highest BCUT2D eigenvalue weighted by Gasteiger charge is 2.25. The molecule has 0 saturated carbocycles. The standard InChI is InChI=1S/C26H30ClN3OS/c1-2-23-10-6-7-16-29(23)25(31)19-32-26-28-18-24(21-11-13-22(27)14-12-21)30(26)17-15-20-8-4-3-5-9-20/h3-5,8-9,11-14,18,23H,2,6-7,10,15-17,19H2,1H3/t23-/m0/s1. The number of halogens is 1. The van der Waals surface area contributed by atoms with Gasteiger partial charge in [-0.3, -0.25) is 4.79 Å². The number of hydrogen-bond donors (Lipinski definition) is 0. The normalized spacial score (nSPS) is 16.3. The highest BCUT2D eigenvalue weighted by Crippen LogP contribution is 2.29. The Hall–Kier alpha value is -2.24. The summed E-state index contributed by atoms with van der Waals surface area (Å²) in [5.41, 5.74) is 3.42. The molecule has 0 spiro atoms. The van der Waals surface area contributed by atoms with E-state index in [1.54, 1.807) is 11.8 Å². The maximum absolute atomic E-state index is 13.0. The van der Waals surface area contributed by atoms with Crippen molar-refractivity contribution in [2.75, 3.05) is 12.3 Å². The van der Waals surface area contributed by atoms with Gasteiger partial charge < -0.3 is 9.47 Å². The van der Waals surface area contributed by atoms with Crippen LogP contribution in [-0.4, -0.2) is 38.7 Å². The number of amides is 1. The number of imidazole rings is 1. The van der Waals surface area contributed by atoms with Crippen molar-refractivity contribution in [2.24, 2.45) is 0 Å². The smallest absolute Gasteiger partial charge is 0.233 e. The highest BCUT2D eigenvalue weighted by molar-refractivity contribution is 7.99. The van der Waals surface area contributed by atoms with E-state index in [9.17, 15) is 4.79 Å². The maximum atomic E-state index is 13.0. The second-order valence-corrected chi connectivity index (χ2v) is 9.63. The first kappa shape index (κ1) is 22.9. The van der Waals surface area contributed by atoms with Gasteiger partial charge in [-0.2, -0.15) is 0 Å². The third kappa shape index (κ3) is 5.57. The largest absolute Gasteiger partial charge is 0.339 e. The summed E-state index contributed by atoms with van der Waals surface area (Å²) in [5, 5.41) is 1.61. The van der Waals surface area contributed by atoms with Crippen molar-refractivity contribution in [3.8, 4) is 11.3 Å². The van der Waals surface area contributed by atoms with Crippen LogP contribution >= 0.6 is 23.4 Å². The summed E-state index contributed by atoms with van der Waals surface area (Å²) in [7, 11) is 0. The number of piperidine rings is 1. The zero-order valence-electron chi connectivity index (χ0n) is 18.5. The van der Waals surface area contributed by atoms with Crippen molar-refractivity contribution >= 4 is 29.3 Å². The van der Waals surface area contributed by atoms with Gasteiger partial charge in [-0.1, -0.05) is 72.8 Å². The third-order valence-corrected chi connectivity index (χ3v) is 7.40. The number of aryl methyl sites for hydroxylation is 1. The molecular weight excluding hydrogens is 438 g/mol. The zero-order chi connectivity index (χ0) is 22.3. The van der Waals surface area contributed by atoms with Gasteiger partial charge in [0.25, 0.3) is 0 Å². The molecule has 168 valence electrons. The molecule has 0 N–H and O–H groups in total. The fourth-order valence-corrected chi connectivity index (χ4v) is 5.41. The second kappa shape index (κ2) is 11.1. The molecule has 1 amide bonds. The van der Waals surface area contributed by atoms with E-state index in [1.165, 1.54) is 12.0 Å². The van der Waals surface area contributed by atoms with Crippen LogP contribution in [-0.2, 0) is 17.8 Å². The summed E-state index contributed by atoms with van der Waals surface area (Å²) < 4.78 is 2.24. The van der Waals surface area contributed by atoms with Crippen molar-refractivity contribution in [1.29, 1.82) is 0 Å². The first-order valence-electron chi connectivity index (χ1n) is 11.4. The lowest BCUT2D eigenvalue weighted by molar-refractivity contribution is -0.132. The molecule has 6 heteroatoms. The number of hydrogen-bond acceptors (Lipinski definition) is 3. The first-order valence-corrected chi connectivity index (χ1v) is 12.8. The number of rotatable bonds is 8. The van der Waals surface area contributed by atoms with Crippen molar-refractivity contribution in [3.05, 3.63) is 71.4 Å². The van der Waals surface area contributed by atoms with E-state index in [-0.39, 0.29) is 5.91 Å². The minimum absolute atomic E-state index is 0.229. The predicted molar refractivity (Wildman–Crippen MR) is 133 cm³/mol. The van der Waals surface area contributed by atoms with Gasteiger partial charge in [-0.25, -0.2) is 4.98 Å². The summed E-state index contributed by atoms with van der Waals surface area (Å²) >= 11 is 7.65. The van der Waals surface area contributed by atoms with Crippen LogP contribution in [0.4, 0.5) is 0 Å². The Balaban J connectivity index is 1.52. The molecule has 1 atom stereocenters. The number of aromatic nitrogens is 2. The van der Waals surface area contributed by atoms with Crippen LogP contribution in [0.15, 0.2) is 66.0 Å². The van der Waals surface area contributed by atoms with Gasteiger partial charge in [0.15, 0.2) is 5.16 Å². The lowest BCUT2D eigenvalue weighted by atomic mass is 10.0. The molecule has 2 heterocycles. The van der Waals surface area contributed by atoms with Crippen LogP contribution in [0.2, 0.25) is 5.02 Å². The van der Waals surface area contributed by atoms with E-state index in [0.29, 0.717) is 11.8 Å². The summed E-state index contributed by atoms with van der Waals surface area (Å²) in [6, 6.07) is 18.7. The fourth-order valence-electron chi connectivity index (χ4n) is 4.39. The van der Waals surface area contributed by atoms with Crippen molar-refractivity contribution < 1.29 is 4.79 Å². The molecule has 0 unspecified atom stereocenters. The van der Waals surface area contributed by atoms with Crippen molar-refractivity contribution in [2.45, 2.75) is 56.8 Å². The molecular formula is C26H30ClN3OS. The molecule has 4 nitrogen and oxygen atoms in total. The van der Waals surface area contributed by atoms with Gasteiger partial charge in [0.05, 0.1) is 17.6 Å². The SMILES string of the molecule is CC[C@H]1CCCCN1C(=O)CSc1ncc(-c2ccc(Cl)cc2)n1CCc1ccccc1.